The van der Waals surface area contributed by atoms with E-state index < -0.39 is 0 Å². The van der Waals surface area contributed by atoms with E-state index in [1.165, 1.54) is 0 Å². The summed E-state index contributed by atoms with van der Waals surface area (Å²) in [6, 6.07) is 0. The highest BCUT2D eigenvalue weighted by atomic mass is 16.6. The molecule has 0 fully saturated rings. The first kappa shape index (κ1) is 8.68. The minimum atomic E-state index is -0.365. The van der Waals surface area contributed by atoms with Gasteiger partial charge in [0.25, 0.3) is 0 Å². The zero-order valence-corrected chi connectivity index (χ0v) is 7.46. The summed E-state index contributed by atoms with van der Waals surface area (Å²) in [4.78, 5) is 16.0. The number of allylic oxidation sites excluding steroid dienone is 2. The molecule has 2 aliphatic rings. The highest BCUT2D eigenvalue weighted by molar-refractivity contribution is 5.97. The van der Waals surface area contributed by atoms with E-state index >= 15 is 0 Å². The SMILES string of the molecule is O=[N+]([O-])CC=C1CN2C=CC=CC2=N1. The van der Waals surface area contributed by atoms with Gasteiger partial charge in [-0.15, -0.1) is 0 Å². The average Bonchev–Trinajstić information content (AvgIpc) is 2.57. The normalized spacial score (nSPS) is 21.3. The Labute approximate surface area is 80.9 Å². The van der Waals surface area contributed by atoms with E-state index in [2.05, 4.69) is 4.99 Å². The second kappa shape index (κ2) is 3.45. The molecule has 5 heteroatoms. The summed E-state index contributed by atoms with van der Waals surface area (Å²) < 4.78 is 0. The molecule has 0 bridgehead atoms. The van der Waals surface area contributed by atoms with Crippen LogP contribution in [0.5, 0.6) is 0 Å². The first-order valence-corrected chi connectivity index (χ1v) is 4.27. The molecule has 14 heavy (non-hydrogen) atoms. The van der Waals surface area contributed by atoms with Gasteiger partial charge in [-0.05, 0) is 12.2 Å². The number of hydrogen-bond acceptors (Lipinski definition) is 4. The van der Waals surface area contributed by atoms with E-state index in [1.807, 2.05) is 29.3 Å². The van der Waals surface area contributed by atoms with Crippen LogP contribution in [0.1, 0.15) is 0 Å². The summed E-state index contributed by atoms with van der Waals surface area (Å²) in [6.45, 7) is 0.470. The molecule has 2 heterocycles. The fourth-order valence-electron chi connectivity index (χ4n) is 1.35. The molecule has 0 spiro atoms. The topological polar surface area (TPSA) is 58.7 Å². The van der Waals surface area contributed by atoms with E-state index in [1.54, 1.807) is 6.08 Å². The fraction of sp³-hybridized carbons (Fsp3) is 0.222. The van der Waals surface area contributed by atoms with Gasteiger partial charge in [-0.2, -0.15) is 0 Å². The average molecular weight is 191 g/mol. The van der Waals surface area contributed by atoms with Gasteiger partial charge in [0.2, 0.25) is 6.54 Å². The Balaban J connectivity index is 2.10. The van der Waals surface area contributed by atoms with Crippen molar-refractivity contribution >= 4 is 5.84 Å². The molecule has 2 rings (SSSR count). The Bertz CT molecular complexity index is 380. The third kappa shape index (κ3) is 1.71. The Morgan fingerprint density at radius 3 is 3.21 bits per heavy atom. The summed E-state index contributed by atoms with van der Waals surface area (Å²) >= 11 is 0. The van der Waals surface area contributed by atoms with Gasteiger partial charge in [-0.1, -0.05) is 6.08 Å². The van der Waals surface area contributed by atoms with Crippen LogP contribution >= 0.6 is 0 Å². The maximum atomic E-state index is 10.1. The van der Waals surface area contributed by atoms with Crippen molar-refractivity contribution in [3.8, 4) is 0 Å². The van der Waals surface area contributed by atoms with Crippen LogP contribution in [0.15, 0.2) is 41.2 Å². The van der Waals surface area contributed by atoms with Gasteiger partial charge in [0.05, 0.1) is 12.2 Å². The van der Waals surface area contributed by atoms with Crippen LogP contribution in [0.25, 0.3) is 0 Å². The molecule has 0 aliphatic carbocycles. The van der Waals surface area contributed by atoms with E-state index in [4.69, 9.17) is 0 Å². The molecule has 72 valence electrons. The van der Waals surface area contributed by atoms with Crippen LogP contribution < -0.4 is 0 Å². The molecule has 0 aromatic heterocycles. The zero-order valence-electron chi connectivity index (χ0n) is 7.46. The van der Waals surface area contributed by atoms with Crippen molar-refractivity contribution in [2.45, 2.75) is 0 Å². The van der Waals surface area contributed by atoms with Crippen molar-refractivity contribution in [1.29, 1.82) is 0 Å². The van der Waals surface area contributed by atoms with Crippen LogP contribution in [0.4, 0.5) is 0 Å². The van der Waals surface area contributed by atoms with E-state index in [9.17, 15) is 10.1 Å². The molecule has 0 radical (unpaired) electrons. The lowest BCUT2D eigenvalue weighted by atomic mass is 10.3. The lowest BCUT2D eigenvalue weighted by molar-refractivity contribution is -0.468. The number of nitrogens with zero attached hydrogens (tertiary/aromatic N) is 3. The smallest absolute Gasteiger partial charge is 0.224 e. The van der Waals surface area contributed by atoms with Gasteiger partial charge < -0.3 is 4.90 Å². The van der Waals surface area contributed by atoms with Gasteiger partial charge >= 0.3 is 0 Å². The summed E-state index contributed by atoms with van der Waals surface area (Å²) in [5.74, 6) is 0.849. The van der Waals surface area contributed by atoms with Gasteiger partial charge in [0.1, 0.15) is 5.84 Å². The van der Waals surface area contributed by atoms with Crippen LogP contribution in [0, 0.1) is 10.1 Å². The van der Waals surface area contributed by atoms with E-state index in [-0.39, 0.29) is 11.5 Å². The number of amidine groups is 1. The maximum absolute atomic E-state index is 10.1. The third-order valence-corrected chi connectivity index (χ3v) is 1.98. The number of hydrogen-bond donors (Lipinski definition) is 0. The quantitative estimate of drug-likeness (QED) is 0.482. The summed E-state index contributed by atoms with van der Waals surface area (Å²) in [7, 11) is 0. The van der Waals surface area contributed by atoms with Gasteiger partial charge in [-0.3, -0.25) is 10.1 Å². The number of rotatable bonds is 2. The van der Waals surface area contributed by atoms with Crippen molar-refractivity contribution in [3.63, 3.8) is 0 Å². The lowest BCUT2D eigenvalue weighted by Crippen LogP contribution is -2.20. The highest BCUT2D eigenvalue weighted by Crippen LogP contribution is 2.16. The fourth-order valence-corrected chi connectivity index (χ4v) is 1.35. The van der Waals surface area contributed by atoms with E-state index in [0.29, 0.717) is 6.54 Å². The predicted molar refractivity (Wildman–Crippen MR) is 52.4 cm³/mol. The molecule has 0 amide bonds. The van der Waals surface area contributed by atoms with Gasteiger partial charge in [0, 0.05) is 17.2 Å². The Kier molecular flexibility index (Phi) is 2.14. The first-order chi connectivity index (χ1) is 6.75. The molecular formula is C9H9N3O2. The zero-order chi connectivity index (χ0) is 9.97. The van der Waals surface area contributed by atoms with Crippen LogP contribution in [0.2, 0.25) is 0 Å². The van der Waals surface area contributed by atoms with Crippen LogP contribution in [0.3, 0.4) is 0 Å². The maximum Gasteiger partial charge on any atom is 0.224 e. The molecule has 0 N–H and O–H groups in total. The third-order valence-electron chi connectivity index (χ3n) is 1.98. The Hall–Kier alpha value is -1.91. The van der Waals surface area contributed by atoms with Crippen molar-refractivity contribution < 1.29 is 4.92 Å². The number of fused-ring (bicyclic) bond motifs is 1. The van der Waals surface area contributed by atoms with E-state index in [0.717, 1.165) is 11.5 Å². The van der Waals surface area contributed by atoms with Crippen molar-refractivity contribution in [2.75, 3.05) is 13.1 Å². The first-order valence-electron chi connectivity index (χ1n) is 4.27. The minimum Gasteiger partial charge on any atom is -0.327 e. The Morgan fingerprint density at radius 2 is 2.50 bits per heavy atom. The molecule has 0 atom stereocenters. The molecule has 0 saturated carbocycles. The van der Waals surface area contributed by atoms with Crippen molar-refractivity contribution in [3.05, 3.63) is 46.3 Å². The van der Waals surface area contributed by atoms with Crippen molar-refractivity contribution in [2.24, 2.45) is 4.99 Å². The molecule has 5 nitrogen and oxygen atoms in total. The summed E-state index contributed by atoms with van der Waals surface area (Å²) in [6.07, 6.45) is 9.15. The molecule has 2 aliphatic heterocycles. The monoisotopic (exact) mass is 191 g/mol. The van der Waals surface area contributed by atoms with Crippen LogP contribution in [-0.2, 0) is 0 Å². The summed E-state index contributed by atoms with van der Waals surface area (Å²) in [5, 5.41) is 10.1. The number of aliphatic imine (C=N–C) groups is 1. The largest absolute Gasteiger partial charge is 0.327 e. The molecule has 0 aromatic rings. The molecule has 0 aromatic carbocycles. The Morgan fingerprint density at radius 1 is 1.64 bits per heavy atom. The molecule has 0 saturated heterocycles. The summed E-state index contributed by atoms with van der Waals surface area (Å²) in [5.41, 5.74) is 0.757. The van der Waals surface area contributed by atoms with Crippen molar-refractivity contribution in [1.82, 2.24) is 4.90 Å². The minimum absolute atomic E-state index is 0.159. The van der Waals surface area contributed by atoms with Gasteiger partial charge in [0.15, 0.2) is 0 Å². The second-order valence-corrected chi connectivity index (χ2v) is 3.01. The standard InChI is InChI=1S/C9H9N3O2/c13-12(14)6-4-8-7-11-5-2-1-3-9(11)10-8/h1-5H,6-7H2. The molecule has 0 unspecified atom stereocenters. The highest BCUT2D eigenvalue weighted by Gasteiger charge is 2.17. The second-order valence-electron chi connectivity index (χ2n) is 3.01. The van der Waals surface area contributed by atoms with Crippen LogP contribution in [-0.4, -0.2) is 28.7 Å². The molecular weight excluding hydrogens is 182 g/mol. The predicted octanol–water partition coefficient (Wildman–Crippen LogP) is 0.945. The number of nitro groups is 1. The lowest BCUT2D eigenvalue weighted by Gasteiger charge is -2.13. The van der Waals surface area contributed by atoms with Gasteiger partial charge in [-0.25, -0.2) is 4.99 Å².